The lowest BCUT2D eigenvalue weighted by Crippen LogP contribution is -2.33. The number of unbranched alkanes of at least 4 members (excludes halogenated alkanes) is 6. The highest BCUT2D eigenvalue weighted by Crippen LogP contribution is 2.09. The van der Waals surface area contributed by atoms with Crippen molar-refractivity contribution in [1.29, 1.82) is 0 Å². The first-order valence-corrected chi connectivity index (χ1v) is 8.56. The zero-order valence-electron chi connectivity index (χ0n) is 14.2. The number of carboxylic acids is 1. The summed E-state index contributed by atoms with van der Waals surface area (Å²) < 4.78 is 0. The number of aliphatic carboxylic acids is 1. The molecule has 0 aliphatic heterocycles. The Bertz CT molecular complexity index is 376. The van der Waals surface area contributed by atoms with E-state index in [1.165, 1.54) is 0 Å². The number of rotatable bonds is 14. The third kappa shape index (κ3) is 14.0. The molecule has 0 heterocycles. The van der Waals surface area contributed by atoms with Gasteiger partial charge in [0.05, 0.1) is 6.42 Å². The van der Waals surface area contributed by atoms with Crippen LogP contribution in [0, 0.1) is 0 Å². The summed E-state index contributed by atoms with van der Waals surface area (Å²) in [6.45, 7) is 0.538. The quantitative estimate of drug-likeness (QED) is 0.245. The van der Waals surface area contributed by atoms with E-state index in [0.717, 1.165) is 32.1 Å². The largest absolute Gasteiger partial charge is 0.481 e. The Balaban J connectivity index is 3.52. The van der Waals surface area contributed by atoms with Crippen molar-refractivity contribution in [1.82, 2.24) is 0 Å². The van der Waals surface area contributed by atoms with Gasteiger partial charge in [0.15, 0.2) is 0 Å². The highest BCUT2D eigenvalue weighted by molar-refractivity contribution is 5.76. The number of carboxylic acid groups (broad SMARTS) is 1. The Kier molecular flexibility index (Phi) is 13.9. The van der Waals surface area contributed by atoms with E-state index in [2.05, 4.69) is 9.78 Å². The topological polar surface area (TPSA) is 142 Å². The molecule has 5 N–H and O–H groups in total. The Hall–Kier alpha value is -1.67. The predicted octanol–water partition coefficient (Wildman–Crippen LogP) is 1.65. The zero-order chi connectivity index (χ0) is 18.2. The van der Waals surface area contributed by atoms with Crippen molar-refractivity contribution in [2.75, 3.05) is 6.54 Å². The maximum atomic E-state index is 11.5. The zero-order valence-corrected chi connectivity index (χ0v) is 14.2. The smallest absolute Gasteiger partial charge is 0.372 e. The van der Waals surface area contributed by atoms with Crippen LogP contribution in [0.15, 0.2) is 0 Å². The molecule has 8 heteroatoms. The molecular formula is C16H30N2O6. The maximum Gasteiger partial charge on any atom is 0.372 e. The first-order chi connectivity index (χ1) is 11.5. The van der Waals surface area contributed by atoms with Crippen LogP contribution in [0.2, 0.25) is 0 Å². The van der Waals surface area contributed by atoms with Crippen LogP contribution in [0.1, 0.15) is 70.6 Å². The monoisotopic (exact) mass is 346 g/mol. The van der Waals surface area contributed by atoms with E-state index >= 15 is 0 Å². The van der Waals surface area contributed by atoms with Gasteiger partial charge in [0.2, 0.25) is 0 Å². The van der Waals surface area contributed by atoms with Gasteiger partial charge in [0, 0.05) is 6.42 Å². The van der Waals surface area contributed by atoms with Gasteiger partial charge in [-0.15, -0.1) is 0 Å². The standard InChI is InChI=1S/C16H30N2O6/c17-12-8-7-9-13(18)16(22)24-23-15(21)11-6-4-2-1-3-5-10-14(19)20/h13H,1-12,17-18H2,(H,19,20). The van der Waals surface area contributed by atoms with Gasteiger partial charge in [0.1, 0.15) is 6.04 Å². The number of nitrogens with two attached hydrogens (primary N) is 2. The van der Waals surface area contributed by atoms with Crippen LogP contribution in [0.4, 0.5) is 0 Å². The van der Waals surface area contributed by atoms with E-state index in [1.54, 1.807) is 0 Å². The summed E-state index contributed by atoms with van der Waals surface area (Å²) in [4.78, 5) is 42.1. The van der Waals surface area contributed by atoms with Crippen molar-refractivity contribution in [2.45, 2.75) is 76.7 Å². The maximum absolute atomic E-state index is 11.5. The summed E-state index contributed by atoms with van der Waals surface area (Å²) in [5.74, 6) is -2.12. The van der Waals surface area contributed by atoms with Crippen LogP contribution in [0.5, 0.6) is 0 Å². The highest BCUT2D eigenvalue weighted by Gasteiger charge is 2.17. The minimum absolute atomic E-state index is 0.171. The predicted molar refractivity (Wildman–Crippen MR) is 87.6 cm³/mol. The molecule has 0 aromatic heterocycles. The lowest BCUT2D eigenvalue weighted by atomic mass is 10.1. The normalized spacial score (nSPS) is 11.8. The van der Waals surface area contributed by atoms with E-state index in [0.29, 0.717) is 32.2 Å². The fourth-order valence-electron chi connectivity index (χ4n) is 2.07. The average Bonchev–Trinajstić information content (AvgIpc) is 2.54. The Morgan fingerprint density at radius 1 is 0.833 bits per heavy atom. The summed E-state index contributed by atoms with van der Waals surface area (Å²) in [7, 11) is 0. The summed E-state index contributed by atoms with van der Waals surface area (Å²) in [5.41, 5.74) is 10.9. The number of hydrogen-bond acceptors (Lipinski definition) is 7. The van der Waals surface area contributed by atoms with Gasteiger partial charge in [-0.2, -0.15) is 0 Å². The molecule has 0 rings (SSSR count). The number of hydrogen-bond donors (Lipinski definition) is 3. The molecule has 8 nitrogen and oxygen atoms in total. The molecule has 0 radical (unpaired) electrons. The summed E-state index contributed by atoms with van der Waals surface area (Å²) in [5, 5.41) is 8.49. The molecule has 0 aromatic carbocycles. The minimum atomic E-state index is -0.810. The molecule has 140 valence electrons. The molecule has 0 saturated heterocycles. The molecule has 0 aromatic rings. The first-order valence-electron chi connectivity index (χ1n) is 8.56. The molecule has 0 bridgehead atoms. The minimum Gasteiger partial charge on any atom is -0.481 e. The summed E-state index contributed by atoms with van der Waals surface area (Å²) >= 11 is 0. The Labute approximate surface area is 142 Å². The van der Waals surface area contributed by atoms with Crippen LogP contribution < -0.4 is 11.5 Å². The number of carbonyl (C=O) groups excluding carboxylic acids is 2. The molecule has 0 aliphatic carbocycles. The molecule has 0 spiro atoms. The van der Waals surface area contributed by atoms with Crippen molar-refractivity contribution in [3.63, 3.8) is 0 Å². The fourth-order valence-corrected chi connectivity index (χ4v) is 2.07. The average molecular weight is 346 g/mol. The molecule has 24 heavy (non-hydrogen) atoms. The van der Waals surface area contributed by atoms with Crippen molar-refractivity contribution < 1.29 is 29.3 Å². The summed E-state index contributed by atoms with van der Waals surface area (Å²) in [6.07, 6.45) is 7.20. The molecule has 0 saturated carbocycles. The summed E-state index contributed by atoms with van der Waals surface area (Å²) in [6, 6.07) is -0.810. The van der Waals surface area contributed by atoms with Crippen molar-refractivity contribution >= 4 is 17.9 Å². The molecular weight excluding hydrogens is 316 g/mol. The second-order valence-corrected chi connectivity index (χ2v) is 5.76. The van der Waals surface area contributed by atoms with Crippen LogP contribution in [-0.2, 0) is 24.2 Å². The molecule has 0 aliphatic rings. The van der Waals surface area contributed by atoms with Gasteiger partial charge in [-0.25, -0.2) is 19.4 Å². The van der Waals surface area contributed by atoms with E-state index in [1.807, 2.05) is 0 Å². The first kappa shape index (κ1) is 22.3. The highest BCUT2D eigenvalue weighted by atomic mass is 17.2. The Morgan fingerprint density at radius 3 is 2.00 bits per heavy atom. The van der Waals surface area contributed by atoms with E-state index in [-0.39, 0.29) is 12.8 Å². The van der Waals surface area contributed by atoms with E-state index in [4.69, 9.17) is 16.6 Å². The van der Waals surface area contributed by atoms with Gasteiger partial charge >= 0.3 is 17.9 Å². The van der Waals surface area contributed by atoms with Crippen molar-refractivity contribution in [3.05, 3.63) is 0 Å². The van der Waals surface area contributed by atoms with E-state index in [9.17, 15) is 14.4 Å². The fraction of sp³-hybridized carbons (Fsp3) is 0.812. The molecule has 0 fully saturated rings. The SMILES string of the molecule is NCCCCC(N)C(=O)OOC(=O)CCCCCCCCC(=O)O. The third-order valence-electron chi connectivity index (χ3n) is 3.51. The van der Waals surface area contributed by atoms with Crippen LogP contribution in [0.25, 0.3) is 0 Å². The van der Waals surface area contributed by atoms with Crippen molar-refractivity contribution in [2.24, 2.45) is 11.5 Å². The second-order valence-electron chi connectivity index (χ2n) is 5.76. The Morgan fingerprint density at radius 2 is 1.42 bits per heavy atom. The lowest BCUT2D eigenvalue weighted by molar-refractivity contribution is -0.260. The van der Waals surface area contributed by atoms with Crippen LogP contribution >= 0.6 is 0 Å². The van der Waals surface area contributed by atoms with Gasteiger partial charge in [-0.1, -0.05) is 32.1 Å². The van der Waals surface area contributed by atoms with Gasteiger partial charge < -0.3 is 16.6 Å². The molecule has 1 atom stereocenters. The van der Waals surface area contributed by atoms with Gasteiger partial charge in [-0.05, 0) is 32.2 Å². The molecule has 0 amide bonds. The third-order valence-corrected chi connectivity index (χ3v) is 3.51. The lowest BCUT2D eigenvalue weighted by Gasteiger charge is -2.09. The van der Waals surface area contributed by atoms with Crippen LogP contribution in [-0.4, -0.2) is 35.6 Å². The van der Waals surface area contributed by atoms with E-state index < -0.39 is 23.9 Å². The van der Waals surface area contributed by atoms with Gasteiger partial charge in [-0.3, -0.25) is 4.79 Å². The van der Waals surface area contributed by atoms with Crippen LogP contribution in [0.3, 0.4) is 0 Å². The van der Waals surface area contributed by atoms with Crippen molar-refractivity contribution in [3.8, 4) is 0 Å². The molecule has 1 unspecified atom stereocenters. The second kappa shape index (κ2) is 14.9. The number of carbonyl (C=O) groups is 3. The van der Waals surface area contributed by atoms with Gasteiger partial charge in [0.25, 0.3) is 0 Å².